The van der Waals surface area contributed by atoms with Crippen LogP contribution in [0.15, 0.2) is 57.2 Å². The number of halogens is 1. The summed E-state index contributed by atoms with van der Waals surface area (Å²) in [7, 11) is -3.25. The number of carboxylic acids is 1. The van der Waals surface area contributed by atoms with Crippen molar-refractivity contribution in [3.63, 3.8) is 0 Å². The van der Waals surface area contributed by atoms with Gasteiger partial charge in [-0.25, -0.2) is 8.42 Å². The first-order valence-corrected chi connectivity index (χ1v) is 9.79. The third kappa shape index (κ3) is 6.51. The monoisotopic (exact) mass is 408 g/mol. The van der Waals surface area contributed by atoms with E-state index in [0.29, 0.717) is 15.7 Å². The second-order valence-corrected chi connectivity index (χ2v) is 8.56. The van der Waals surface area contributed by atoms with Gasteiger partial charge in [0, 0.05) is 9.92 Å². The minimum absolute atomic E-state index is 0. The van der Waals surface area contributed by atoms with Gasteiger partial charge in [0.1, 0.15) is 12.4 Å². The maximum Gasteiger partial charge on any atom is 1.00 e. The normalized spacial score (nSPS) is 10.8. The zero-order valence-electron chi connectivity index (χ0n) is 13.7. The van der Waals surface area contributed by atoms with E-state index < -0.39 is 22.4 Å². The molecule has 2 aromatic rings. The van der Waals surface area contributed by atoms with Crippen molar-refractivity contribution in [1.29, 1.82) is 0 Å². The molecular formula is C16H14ClNaO5S2. The van der Waals surface area contributed by atoms with Gasteiger partial charge >= 0.3 is 29.6 Å². The minimum atomic E-state index is -3.25. The third-order valence-electron chi connectivity index (χ3n) is 3.04. The molecule has 0 spiro atoms. The Hall–Kier alpha value is -0.700. The molecule has 128 valence electrons. The summed E-state index contributed by atoms with van der Waals surface area (Å²) in [5.74, 6) is -0.927. The van der Waals surface area contributed by atoms with E-state index in [1.54, 1.807) is 37.3 Å². The molecule has 0 saturated heterocycles. The summed E-state index contributed by atoms with van der Waals surface area (Å²) in [5.41, 5.74) is 0. The van der Waals surface area contributed by atoms with Crippen LogP contribution in [0.4, 0.5) is 0 Å². The molecule has 0 aliphatic rings. The fraction of sp³-hybridized carbons (Fsp3) is 0.188. The molecular weight excluding hydrogens is 395 g/mol. The Labute approximate surface area is 177 Å². The second kappa shape index (κ2) is 9.85. The average Bonchev–Trinajstić information content (AvgIpc) is 2.54. The Balaban J connectivity index is 0.00000312. The maximum absolute atomic E-state index is 11.8. The van der Waals surface area contributed by atoms with E-state index in [0.717, 1.165) is 4.90 Å². The molecule has 0 aliphatic carbocycles. The summed E-state index contributed by atoms with van der Waals surface area (Å²) in [6.45, 7) is 1.02. The minimum Gasteiger partial charge on any atom is -0.546 e. The van der Waals surface area contributed by atoms with Gasteiger partial charge in [0.25, 0.3) is 0 Å². The SMILES string of the molecule is CCS(=O)(=O)c1ccc(Sc2cc(Cl)ccc2OCC(=O)[O-])cc1.[Na+]. The number of sulfone groups is 1. The van der Waals surface area contributed by atoms with Crippen LogP contribution < -0.4 is 39.4 Å². The van der Waals surface area contributed by atoms with Crippen molar-refractivity contribution in [1.82, 2.24) is 0 Å². The number of benzene rings is 2. The van der Waals surface area contributed by atoms with Gasteiger partial charge in [-0.3, -0.25) is 0 Å². The Kier molecular flexibility index (Phi) is 8.80. The van der Waals surface area contributed by atoms with Gasteiger partial charge in [-0.2, -0.15) is 0 Å². The number of aliphatic carboxylic acids is 1. The first kappa shape index (κ1) is 22.3. The van der Waals surface area contributed by atoms with E-state index in [2.05, 4.69) is 0 Å². The van der Waals surface area contributed by atoms with Gasteiger partial charge in [0.05, 0.1) is 21.5 Å². The van der Waals surface area contributed by atoms with Crippen LogP contribution in [-0.4, -0.2) is 26.7 Å². The standard InChI is InChI=1S/C16H15ClO5S2.Na/c1-2-24(20,21)13-6-4-12(5-7-13)23-15-9-11(17)3-8-14(15)22-10-16(18)19;/h3-9H,2,10H2,1H3,(H,18,19);/q;+1/p-1. The molecule has 0 N–H and O–H groups in total. The smallest absolute Gasteiger partial charge is 0.546 e. The summed E-state index contributed by atoms with van der Waals surface area (Å²) >= 11 is 7.26. The van der Waals surface area contributed by atoms with Crippen molar-refractivity contribution < 1.29 is 52.6 Å². The van der Waals surface area contributed by atoms with Crippen molar-refractivity contribution in [2.45, 2.75) is 21.6 Å². The molecule has 0 radical (unpaired) electrons. The Morgan fingerprint density at radius 3 is 2.40 bits per heavy atom. The number of hydrogen-bond donors (Lipinski definition) is 0. The van der Waals surface area contributed by atoms with Crippen LogP contribution >= 0.6 is 23.4 Å². The molecule has 5 nitrogen and oxygen atoms in total. The summed E-state index contributed by atoms with van der Waals surface area (Å²) in [6, 6.07) is 11.2. The largest absolute Gasteiger partial charge is 1.00 e. The van der Waals surface area contributed by atoms with Crippen LogP contribution in [0.25, 0.3) is 0 Å². The van der Waals surface area contributed by atoms with Crippen molar-refractivity contribution in [2.24, 2.45) is 0 Å². The van der Waals surface area contributed by atoms with Crippen LogP contribution in [0.3, 0.4) is 0 Å². The van der Waals surface area contributed by atoms with Crippen LogP contribution in [-0.2, 0) is 14.6 Å². The first-order chi connectivity index (χ1) is 11.3. The zero-order chi connectivity index (χ0) is 17.7. The fourth-order valence-electron chi connectivity index (χ4n) is 1.83. The molecule has 2 aromatic carbocycles. The van der Waals surface area contributed by atoms with Gasteiger partial charge in [0.15, 0.2) is 9.84 Å². The quantitative estimate of drug-likeness (QED) is 0.570. The van der Waals surface area contributed by atoms with E-state index in [9.17, 15) is 18.3 Å². The number of carbonyl (C=O) groups is 1. The van der Waals surface area contributed by atoms with E-state index in [-0.39, 0.29) is 40.2 Å². The molecule has 2 rings (SSSR count). The summed E-state index contributed by atoms with van der Waals surface area (Å²) < 4.78 is 28.8. The summed E-state index contributed by atoms with van der Waals surface area (Å²) in [6.07, 6.45) is 0. The molecule has 25 heavy (non-hydrogen) atoms. The summed E-state index contributed by atoms with van der Waals surface area (Å²) in [5, 5.41) is 11.0. The van der Waals surface area contributed by atoms with Crippen LogP contribution in [0.5, 0.6) is 5.75 Å². The van der Waals surface area contributed by atoms with Crippen molar-refractivity contribution in [3.8, 4) is 5.75 Å². The van der Waals surface area contributed by atoms with Gasteiger partial charge in [-0.05, 0) is 42.5 Å². The molecule has 0 saturated carbocycles. The average molecular weight is 409 g/mol. The van der Waals surface area contributed by atoms with Crippen molar-refractivity contribution in [3.05, 3.63) is 47.5 Å². The van der Waals surface area contributed by atoms with Gasteiger partial charge in [-0.15, -0.1) is 0 Å². The molecule has 9 heteroatoms. The van der Waals surface area contributed by atoms with Gasteiger partial charge in [0.2, 0.25) is 0 Å². The molecule has 0 bridgehead atoms. The number of ether oxygens (including phenoxy) is 1. The molecule has 0 aliphatic heterocycles. The van der Waals surface area contributed by atoms with Crippen LogP contribution in [0.1, 0.15) is 6.92 Å². The predicted octanol–water partition coefficient (Wildman–Crippen LogP) is -0.582. The van der Waals surface area contributed by atoms with Gasteiger partial charge in [-0.1, -0.05) is 30.3 Å². The fourth-order valence-corrected chi connectivity index (χ4v) is 3.89. The van der Waals surface area contributed by atoms with Crippen molar-refractivity contribution >= 4 is 39.2 Å². The predicted molar refractivity (Wildman–Crippen MR) is 90.2 cm³/mol. The molecule has 0 aromatic heterocycles. The topological polar surface area (TPSA) is 83.5 Å². The van der Waals surface area contributed by atoms with E-state index in [1.807, 2.05) is 0 Å². The third-order valence-corrected chi connectivity index (χ3v) is 6.07. The van der Waals surface area contributed by atoms with E-state index >= 15 is 0 Å². The Morgan fingerprint density at radius 2 is 1.84 bits per heavy atom. The molecule has 0 unspecified atom stereocenters. The Bertz CT molecular complexity index is 838. The van der Waals surface area contributed by atoms with Crippen LogP contribution in [0, 0.1) is 0 Å². The van der Waals surface area contributed by atoms with E-state index in [4.69, 9.17) is 16.3 Å². The number of carbonyl (C=O) groups excluding carboxylic acids is 1. The summed E-state index contributed by atoms with van der Waals surface area (Å²) in [4.78, 5) is 12.2. The molecule has 0 heterocycles. The maximum atomic E-state index is 11.8. The van der Waals surface area contributed by atoms with Crippen LogP contribution in [0.2, 0.25) is 5.02 Å². The van der Waals surface area contributed by atoms with Gasteiger partial charge < -0.3 is 14.6 Å². The number of rotatable bonds is 7. The molecule has 0 fully saturated rings. The Morgan fingerprint density at radius 1 is 1.20 bits per heavy atom. The van der Waals surface area contributed by atoms with Crippen molar-refractivity contribution in [2.75, 3.05) is 12.4 Å². The molecule has 0 amide bonds. The number of carboxylic acid groups (broad SMARTS) is 1. The first-order valence-electron chi connectivity index (χ1n) is 6.94. The van der Waals surface area contributed by atoms with E-state index in [1.165, 1.54) is 23.9 Å². The number of hydrogen-bond acceptors (Lipinski definition) is 6. The molecule has 0 atom stereocenters. The second-order valence-electron chi connectivity index (χ2n) is 4.73. The zero-order valence-corrected chi connectivity index (χ0v) is 18.1.